The molecule has 0 unspecified atom stereocenters. The van der Waals surface area contributed by atoms with Gasteiger partial charge in [0, 0.05) is 13.1 Å². The molecule has 0 amide bonds. The Hall–Kier alpha value is -0.0900. The summed E-state index contributed by atoms with van der Waals surface area (Å²) in [5, 5.41) is 2.74. The van der Waals surface area contributed by atoms with Crippen molar-refractivity contribution in [2.24, 2.45) is 0 Å². The van der Waals surface area contributed by atoms with Gasteiger partial charge >= 0.3 is 0 Å². The molecule has 1 fully saturated rings. The van der Waals surface area contributed by atoms with Gasteiger partial charge in [0.15, 0.2) is 9.84 Å². The summed E-state index contributed by atoms with van der Waals surface area (Å²) in [6.45, 7) is 4.92. The van der Waals surface area contributed by atoms with E-state index in [4.69, 9.17) is 0 Å². The predicted octanol–water partition coefficient (Wildman–Crippen LogP) is 0.171. The number of hydrogen-bond donors (Lipinski definition) is 1. The smallest absolute Gasteiger partial charge is 0.158 e. The highest BCUT2D eigenvalue weighted by molar-refractivity contribution is 7.92. The van der Waals surface area contributed by atoms with E-state index < -0.39 is 9.84 Å². The standard InChI is InChI=1S/C7H15NO2S/c1-3-7-5-8-4-6(2)11(7,9)10/h6-8H,3-5H2,1-2H3/t6-,7-/m1/s1. The van der Waals surface area contributed by atoms with Gasteiger partial charge in [-0.3, -0.25) is 0 Å². The van der Waals surface area contributed by atoms with Gasteiger partial charge in [0.05, 0.1) is 10.5 Å². The lowest BCUT2D eigenvalue weighted by molar-refractivity contribution is 0.515. The third-order valence-corrected chi connectivity index (χ3v) is 5.00. The van der Waals surface area contributed by atoms with Crippen LogP contribution in [0.5, 0.6) is 0 Å². The van der Waals surface area contributed by atoms with Crippen LogP contribution in [0.25, 0.3) is 0 Å². The summed E-state index contributed by atoms with van der Waals surface area (Å²) in [4.78, 5) is 0. The summed E-state index contributed by atoms with van der Waals surface area (Å²) in [5.41, 5.74) is 0. The van der Waals surface area contributed by atoms with Gasteiger partial charge in [0.1, 0.15) is 0 Å². The van der Waals surface area contributed by atoms with Crippen molar-refractivity contribution >= 4 is 9.84 Å². The van der Waals surface area contributed by atoms with Gasteiger partial charge in [-0.05, 0) is 13.3 Å². The van der Waals surface area contributed by atoms with Crippen LogP contribution in [-0.4, -0.2) is 32.0 Å². The first kappa shape index (κ1) is 9.00. The lowest BCUT2D eigenvalue weighted by Gasteiger charge is -2.27. The van der Waals surface area contributed by atoms with E-state index in [0.717, 1.165) is 6.42 Å². The lowest BCUT2D eigenvalue weighted by Crippen LogP contribution is -2.48. The first-order valence-electron chi connectivity index (χ1n) is 4.02. The molecule has 0 aromatic carbocycles. The average molecular weight is 177 g/mol. The molecule has 1 saturated heterocycles. The predicted molar refractivity (Wildman–Crippen MR) is 45.3 cm³/mol. The quantitative estimate of drug-likeness (QED) is 0.621. The van der Waals surface area contributed by atoms with Crippen molar-refractivity contribution in [2.75, 3.05) is 13.1 Å². The molecule has 0 saturated carbocycles. The fourth-order valence-corrected chi connectivity index (χ4v) is 3.21. The average Bonchev–Trinajstić information content (AvgIpc) is 1.95. The summed E-state index contributed by atoms with van der Waals surface area (Å²) < 4.78 is 23.0. The Morgan fingerprint density at radius 1 is 1.45 bits per heavy atom. The summed E-state index contributed by atoms with van der Waals surface area (Å²) in [6.07, 6.45) is 0.722. The first-order chi connectivity index (χ1) is 5.09. The SMILES string of the molecule is CC[C@@H]1CNC[C@@H](C)S1(=O)=O. The van der Waals surface area contributed by atoms with Crippen molar-refractivity contribution in [3.63, 3.8) is 0 Å². The Labute approximate surface area is 68.1 Å². The summed E-state index contributed by atoms with van der Waals surface area (Å²) >= 11 is 0. The van der Waals surface area contributed by atoms with Crippen molar-refractivity contribution < 1.29 is 8.42 Å². The topological polar surface area (TPSA) is 46.2 Å². The molecule has 0 aromatic heterocycles. The minimum atomic E-state index is -2.81. The van der Waals surface area contributed by atoms with Gasteiger partial charge in [-0.15, -0.1) is 0 Å². The van der Waals surface area contributed by atoms with E-state index in [1.807, 2.05) is 6.92 Å². The third kappa shape index (κ3) is 1.56. The fraction of sp³-hybridized carbons (Fsp3) is 1.00. The molecule has 1 aliphatic rings. The molecular formula is C7H15NO2S. The van der Waals surface area contributed by atoms with Gasteiger partial charge in [-0.1, -0.05) is 6.92 Å². The van der Waals surface area contributed by atoms with Crippen LogP contribution in [0, 0.1) is 0 Å². The second-order valence-corrected chi connectivity index (χ2v) is 5.74. The minimum absolute atomic E-state index is 0.161. The zero-order chi connectivity index (χ0) is 8.48. The van der Waals surface area contributed by atoms with E-state index in [0.29, 0.717) is 13.1 Å². The van der Waals surface area contributed by atoms with Crippen molar-refractivity contribution in [2.45, 2.75) is 30.8 Å². The Bertz CT molecular complexity index is 223. The van der Waals surface area contributed by atoms with E-state index in [2.05, 4.69) is 5.32 Å². The van der Waals surface area contributed by atoms with Crippen LogP contribution in [0.2, 0.25) is 0 Å². The number of nitrogens with one attached hydrogen (secondary N) is 1. The molecule has 2 atom stereocenters. The van der Waals surface area contributed by atoms with Gasteiger partial charge in [-0.2, -0.15) is 0 Å². The number of rotatable bonds is 1. The van der Waals surface area contributed by atoms with Crippen molar-refractivity contribution in [3.8, 4) is 0 Å². The molecule has 66 valence electrons. The third-order valence-electron chi connectivity index (χ3n) is 2.28. The molecule has 1 N–H and O–H groups in total. The van der Waals surface area contributed by atoms with Gasteiger partial charge in [0.25, 0.3) is 0 Å². The van der Waals surface area contributed by atoms with E-state index >= 15 is 0 Å². The van der Waals surface area contributed by atoms with Crippen LogP contribution in [0.3, 0.4) is 0 Å². The maximum Gasteiger partial charge on any atom is 0.158 e. The molecule has 4 heteroatoms. The Morgan fingerprint density at radius 2 is 2.09 bits per heavy atom. The highest BCUT2D eigenvalue weighted by Crippen LogP contribution is 2.15. The van der Waals surface area contributed by atoms with Gasteiger partial charge in [-0.25, -0.2) is 8.42 Å². The number of hydrogen-bond acceptors (Lipinski definition) is 3. The van der Waals surface area contributed by atoms with Crippen LogP contribution in [0.15, 0.2) is 0 Å². The molecule has 11 heavy (non-hydrogen) atoms. The highest BCUT2D eigenvalue weighted by Gasteiger charge is 2.33. The molecule has 0 aliphatic carbocycles. The van der Waals surface area contributed by atoms with Crippen molar-refractivity contribution in [1.82, 2.24) is 5.32 Å². The second kappa shape index (κ2) is 3.11. The molecule has 0 bridgehead atoms. The van der Waals surface area contributed by atoms with E-state index in [1.165, 1.54) is 0 Å². The summed E-state index contributed by atoms with van der Waals surface area (Å²) in [6, 6.07) is 0. The van der Waals surface area contributed by atoms with Crippen LogP contribution in [-0.2, 0) is 9.84 Å². The van der Waals surface area contributed by atoms with Crippen LogP contribution in [0.1, 0.15) is 20.3 Å². The van der Waals surface area contributed by atoms with E-state index in [9.17, 15) is 8.42 Å². The van der Waals surface area contributed by atoms with E-state index in [-0.39, 0.29) is 10.5 Å². The van der Waals surface area contributed by atoms with Crippen molar-refractivity contribution in [3.05, 3.63) is 0 Å². The molecule has 1 rings (SSSR count). The Balaban J connectivity index is 2.82. The molecular weight excluding hydrogens is 162 g/mol. The van der Waals surface area contributed by atoms with E-state index in [1.54, 1.807) is 6.92 Å². The van der Waals surface area contributed by atoms with Crippen LogP contribution < -0.4 is 5.32 Å². The summed E-state index contributed by atoms with van der Waals surface area (Å²) in [5.74, 6) is 0. The maximum absolute atomic E-state index is 11.5. The molecule has 0 radical (unpaired) electrons. The molecule has 0 aromatic rings. The normalized spacial score (nSPS) is 36.9. The fourth-order valence-electron chi connectivity index (χ4n) is 1.39. The highest BCUT2D eigenvalue weighted by atomic mass is 32.2. The molecule has 1 heterocycles. The molecule has 3 nitrogen and oxygen atoms in total. The zero-order valence-electron chi connectivity index (χ0n) is 7.00. The van der Waals surface area contributed by atoms with Gasteiger partial charge < -0.3 is 5.32 Å². The summed E-state index contributed by atoms with van der Waals surface area (Å²) in [7, 11) is -2.81. The Kier molecular flexibility index (Phi) is 2.54. The lowest BCUT2D eigenvalue weighted by atomic mass is 10.3. The number of sulfone groups is 1. The molecule has 1 aliphatic heterocycles. The second-order valence-electron chi connectivity index (χ2n) is 3.09. The molecule has 0 spiro atoms. The van der Waals surface area contributed by atoms with Gasteiger partial charge in [0.2, 0.25) is 0 Å². The maximum atomic E-state index is 11.5. The monoisotopic (exact) mass is 177 g/mol. The largest absolute Gasteiger partial charge is 0.314 e. The minimum Gasteiger partial charge on any atom is -0.314 e. The first-order valence-corrected chi connectivity index (χ1v) is 5.63. The van der Waals surface area contributed by atoms with Crippen LogP contribution >= 0.6 is 0 Å². The zero-order valence-corrected chi connectivity index (χ0v) is 7.82. The Morgan fingerprint density at radius 3 is 2.55 bits per heavy atom. The van der Waals surface area contributed by atoms with Crippen molar-refractivity contribution in [1.29, 1.82) is 0 Å². The van der Waals surface area contributed by atoms with Crippen LogP contribution in [0.4, 0.5) is 0 Å².